The molecule has 5 aliphatic rings. The molecule has 1 aliphatic heterocycles. The van der Waals surface area contributed by atoms with Crippen molar-refractivity contribution in [3.05, 3.63) is 12.3 Å². The average Bonchev–Trinajstić information content (AvgIpc) is 2.91. The highest BCUT2D eigenvalue weighted by atomic mass is 16.3. The molecule has 5 nitrogen and oxygen atoms in total. The summed E-state index contributed by atoms with van der Waals surface area (Å²) in [6, 6.07) is 1.51. The van der Waals surface area contributed by atoms with Gasteiger partial charge in [0.1, 0.15) is 6.04 Å². The second-order valence-electron chi connectivity index (χ2n) is 7.77. The number of hydrogen-bond donors (Lipinski definition) is 1. The molecule has 4 bridgehead atoms. The monoisotopic (exact) mass is 300 g/mol. The lowest BCUT2D eigenvalue weighted by Gasteiger charge is -2.59. The Morgan fingerprint density at radius 1 is 1.23 bits per heavy atom. The quantitative estimate of drug-likeness (QED) is 0.784. The molecule has 1 amide bonds. The molecule has 1 N–H and O–H groups in total. The highest BCUT2D eigenvalue weighted by Crippen LogP contribution is 2.62. The fourth-order valence-electron chi connectivity index (χ4n) is 5.67. The topological polar surface area (TPSA) is 81.4 Å². The van der Waals surface area contributed by atoms with Gasteiger partial charge < -0.3 is 5.11 Å². The van der Waals surface area contributed by atoms with Gasteiger partial charge in [-0.1, -0.05) is 6.08 Å². The van der Waals surface area contributed by atoms with Crippen LogP contribution in [0.2, 0.25) is 0 Å². The standard InChI is InChI=1S/C17H20N2O3/c18-9-13-2-1-3-19(13)15(21)14(20)16-5-11-4-12(6-16)8-17(22,7-11)10-16/h1,3,11-13,22H,2,4-8,10H2. The van der Waals surface area contributed by atoms with Crippen LogP contribution in [-0.4, -0.2) is 33.3 Å². The van der Waals surface area contributed by atoms with Crippen LogP contribution >= 0.6 is 0 Å². The molecule has 4 fully saturated rings. The van der Waals surface area contributed by atoms with Crippen LogP contribution in [0.1, 0.15) is 44.9 Å². The fraction of sp³-hybridized carbons (Fsp3) is 0.706. The number of Topliss-reactive ketones (excluding diaryl/α,β-unsaturated/α-hetero) is 1. The van der Waals surface area contributed by atoms with Crippen LogP contribution in [0, 0.1) is 28.6 Å². The summed E-state index contributed by atoms with van der Waals surface area (Å²) < 4.78 is 0. The summed E-state index contributed by atoms with van der Waals surface area (Å²) in [5.74, 6) is -0.217. The second-order valence-corrected chi connectivity index (χ2v) is 7.77. The lowest BCUT2D eigenvalue weighted by molar-refractivity contribution is -0.180. The summed E-state index contributed by atoms with van der Waals surface area (Å²) in [6.07, 6.45) is 8.31. The number of nitriles is 1. The first-order valence-electron chi connectivity index (χ1n) is 8.10. The molecule has 22 heavy (non-hydrogen) atoms. The number of carbonyl (C=O) groups excluding carboxylic acids is 2. The Morgan fingerprint density at radius 3 is 2.50 bits per heavy atom. The zero-order chi connectivity index (χ0) is 15.5. The molecule has 0 aromatic rings. The molecule has 4 aliphatic carbocycles. The van der Waals surface area contributed by atoms with Crippen molar-refractivity contribution in [3.63, 3.8) is 0 Å². The number of rotatable bonds is 2. The zero-order valence-electron chi connectivity index (χ0n) is 12.5. The molecular weight excluding hydrogens is 280 g/mol. The van der Waals surface area contributed by atoms with E-state index in [0.29, 0.717) is 24.7 Å². The van der Waals surface area contributed by atoms with Crippen LogP contribution in [0.3, 0.4) is 0 Å². The Labute approximate surface area is 129 Å². The molecule has 3 atom stereocenters. The summed E-state index contributed by atoms with van der Waals surface area (Å²) >= 11 is 0. The predicted molar refractivity (Wildman–Crippen MR) is 77.1 cm³/mol. The van der Waals surface area contributed by atoms with Crippen molar-refractivity contribution in [2.75, 3.05) is 0 Å². The van der Waals surface area contributed by atoms with Crippen LogP contribution in [0.4, 0.5) is 0 Å². The van der Waals surface area contributed by atoms with Gasteiger partial charge in [0, 0.05) is 18.0 Å². The average molecular weight is 300 g/mol. The largest absolute Gasteiger partial charge is 0.390 e. The molecule has 1 heterocycles. The molecule has 0 saturated heterocycles. The number of aliphatic hydroxyl groups is 1. The smallest absolute Gasteiger partial charge is 0.295 e. The Hall–Kier alpha value is -1.67. The third-order valence-corrected chi connectivity index (χ3v) is 6.05. The Kier molecular flexibility index (Phi) is 2.80. The van der Waals surface area contributed by atoms with E-state index >= 15 is 0 Å². The number of ketones is 1. The van der Waals surface area contributed by atoms with Crippen molar-refractivity contribution >= 4 is 11.7 Å². The molecule has 5 heteroatoms. The van der Waals surface area contributed by atoms with E-state index in [0.717, 1.165) is 32.1 Å². The first-order chi connectivity index (χ1) is 10.4. The van der Waals surface area contributed by atoms with Crippen LogP contribution in [0.5, 0.6) is 0 Å². The molecule has 3 unspecified atom stereocenters. The molecule has 4 saturated carbocycles. The Balaban J connectivity index is 1.62. The highest BCUT2D eigenvalue weighted by molar-refractivity contribution is 6.38. The van der Waals surface area contributed by atoms with Gasteiger partial charge in [-0.2, -0.15) is 5.26 Å². The number of amides is 1. The zero-order valence-corrected chi connectivity index (χ0v) is 12.5. The van der Waals surface area contributed by atoms with Gasteiger partial charge in [-0.3, -0.25) is 14.5 Å². The van der Waals surface area contributed by atoms with E-state index in [1.54, 1.807) is 12.3 Å². The number of hydrogen-bond acceptors (Lipinski definition) is 4. The molecular formula is C17H20N2O3. The van der Waals surface area contributed by atoms with Crippen molar-refractivity contribution in [2.45, 2.75) is 56.6 Å². The van der Waals surface area contributed by atoms with E-state index in [1.165, 1.54) is 4.90 Å². The van der Waals surface area contributed by atoms with Crippen molar-refractivity contribution in [2.24, 2.45) is 17.3 Å². The van der Waals surface area contributed by atoms with Gasteiger partial charge in [0.05, 0.1) is 11.7 Å². The van der Waals surface area contributed by atoms with E-state index in [4.69, 9.17) is 5.26 Å². The molecule has 116 valence electrons. The molecule has 0 aromatic carbocycles. The number of carbonyl (C=O) groups is 2. The normalized spacial score (nSPS) is 45.1. The summed E-state index contributed by atoms with van der Waals surface area (Å²) in [7, 11) is 0. The third kappa shape index (κ3) is 1.87. The van der Waals surface area contributed by atoms with E-state index < -0.39 is 23.0 Å². The van der Waals surface area contributed by atoms with Crippen LogP contribution in [0.15, 0.2) is 12.3 Å². The van der Waals surface area contributed by atoms with Crippen molar-refractivity contribution in [1.29, 1.82) is 5.26 Å². The minimum atomic E-state index is -0.754. The predicted octanol–water partition coefficient (Wildman–Crippen LogP) is 1.52. The van der Waals surface area contributed by atoms with E-state index in [1.807, 2.05) is 0 Å². The minimum absolute atomic E-state index is 0.365. The fourth-order valence-corrected chi connectivity index (χ4v) is 5.67. The van der Waals surface area contributed by atoms with Crippen molar-refractivity contribution in [3.8, 4) is 6.07 Å². The summed E-state index contributed by atoms with van der Waals surface area (Å²) in [4.78, 5) is 26.9. The Morgan fingerprint density at radius 2 is 1.91 bits per heavy atom. The van der Waals surface area contributed by atoms with Gasteiger partial charge >= 0.3 is 0 Å². The lowest BCUT2D eigenvalue weighted by Crippen LogP contribution is -2.60. The van der Waals surface area contributed by atoms with Gasteiger partial charge in [0.2, 0.25) is 5.78 Å². The molecule has 0 spiro atoms. The third-order valence-electron chi connectivity index (χ3n) is 6.05. The van der Waals surface area contributed by atoms with Crippen LogP contribution < -0.4 is 0 Å². The Bertz CT molecular complexity index is 604. The van der Waals surface area contributed by atoms with Gasteiger partial charge in [-0.15, -0.1) is 0 Å². The maximum Gasteiger partial charge on any atom is 0.295 e. The van der Waals surface area contributed by atoms with E-state index in [9.17, 15) is 14.7 Å². The van der Waals surface area contributed by atoms with Crippen molar-refractivity contribution < 1.29 is 14.7 Å². The first kappa shape index (κ1) is 14.0. The van der Waals surface area contributed by atoms with E-state index in [-0.39, 0.29) is 5.78 Å². The highest BCUT2D eigenvalue weighted by Gasteiger charge is 2.61. The van der Waals surface area contributed by atoms with Gasteiger partial charge in [-0.05, 0) is 50.4 Å². The first-order valence-corrected chi connectivity index (χ1v) is 8.10. The van der Waals surface area contributed by atoms with Gasteiger partial charge in [-0.25, -0.2) is 0 Å². The lowest BCUT2D eigenvalue weighted by atomic mass is 9.47. The summed E-state index contributed by atoms with van der Waals surface area (Å²) in [5.41, 5.74) is -1.44. The van der Waals surface area contributed by atoms with Crippen molar-refractivity contribution in [1.82, 2.24) is 4.90 Å². The molecule has 0 aromatic heterocycles. The van der Waals surface area contributed by atoms with Gasteiger partial charge in [0.15, 0.2) is 0 Å². The van der Waals surface area contributed by atoms with Crippen LogP contribution in [0.25, 0.3) is 0 Å². The summed E-state index contributed by atoms with van der Waals surface area (Å²) in [6.45, 7) is 0. The van der Waals surface area contributed by atoms with Gasteiger partial charge in [0.25, 0.3) is 5.91 Å². The minimum Gasteiger partial charge on any atom is -0.390 e. The number of nitrogens with zero attached hydrogens (tertiary/aromatic N) is 2. The maximum absolute atomic E-state index is 12.9. The molecule has 5 rings (SSSR count). The SMILES string of the molecule is N#CC1CC=CN1C(=O)C(=O)C12CC3CC(CC(O)(C3)C1)C2. The second kappa shape index (κ2) is 4.42. The summed E-state index contributed by atoms with van der Waals surface area (Å²) in [5, 5.41) is 19.8. The maximum atomic E-state index is 12.9. The molecule has 0 radical (unpaired) electrons. The van der Waals surface area contributed by atoms with Crippen LogP contribution in [-0.2, 0) is 9.59 Å². The van der Waals surface area contributed by atoms with E-state index in [2.05, 4.69) is 6.07 Å².